The minimum Gasteiger partial charge on any atom is -0.508 e. The molecule has 197 valence electrons. The SMILES string of the molecule is CC(O)CC(O)c1ccc(O)cc1.[Ir].[c-]1ccccc1-c1ccccn1.[c-]1ccccc1-c1ccccn1. The maximum atomic E-state index is 9.54. The molecule has 5 rings (SSSR count). The van der Waals surface area contributed by atoms with E-state index in [9.17, 15) is 5.11 Å². The second-order valence-corrected chi connectivity index (χ2v) is 8.17. The summed E-state index contributed by atoms with van der Waals surface area (Å²) in [7, 11) is 0. The van der Waals surface area contributed by atoms with Crippen molar-refractivity contribution in [1.29, 1.82) is 0 Å². The molecule has 0 saturated carbocycles. The normalized spacial score (nSPS) is 11.3. The molecule has 3 N–H and O–H groups in total. The summed E-state index contributed by atoms with van der Waals surface area (Å²) in [6.07, 6.45) is 2.70. The van der Waals surface area contributed by atoms with Crippen molar-refractivity contribution in [1.82, 2.24) is 9.97 Å². The van der Waals surface area contributed by atoms with Gasteiger partial charge in [0.2, 0.25) is 0 Å². The Hall–Kier alpha value is -3.67. The maximum Gasteiger partial charge on any atom is 0.115 e. The molecule has 3 aromatic carbocycles. The molecular weight excluding hydrogens is 653 g/mol. The van der Waals surface area contributed by atoms with Crippen LogP contribution in [0.5, 0.6) is 5.75 Å². The summed E-state index contributed by atoms with van der Waals surface area (Å²) in [6.45, 7) is 1.63. The molecule has 2 aromatic heterocycles. The van der Waals surface area contributed by atoms with Crippen LogP contribution in [0.4, 0.5) is 0 Å². The Labute approximate surface area is 237 Å². The second-order valence-electron chi connectivity index (χ2n) is 8.17. The molecule has 5 nitrogen and oxygen atoms in total. The number of aliphatic hydroxyl groups is 2. The molecule has 0 amide bonds. The molecule has 0 aliphatic rings. The second kappa shape index (κ2) is 17.0. The van der Waals surface area contributed by atoms with Crippen molar-refractivity contribution in [3.63, 3.8) is 0 Å². The predicted octanol–water partition coefficient (Wildman–Crippen LogP) is 6.29. The van der Waals surface area contributed by atoms with Gasteiger partial charge in [0.1, 0.15) is 5.75 Å². The van der Waals surface area contributed by atoms with Crippen LogP contribution >= 0.6 is 0 Å². The fraction of sp³-hybridized carbons (Fsp3) is 0.125. The van der Waals surface area contributed by atoms with Crippen LogP contribution in [-0.2, 0) is 20.1 Å². The van der Waals surface area contributed by atoms with Gasteiger partial charge in [0.15, 0.2) is 0 Å². The standard InChI is InChI=1S/2C11H8N.C10H14O3.Ir/c2*1-2-6-10(7-3-1)11-8-4-5-9-12-11;1-7(11)6-10(13)8-2-4-9(12)5-3-8;/h2*1-6,8-9H;2-5,7,10-13H,6H2,1H3;/q2*-1;;. The first kappa shape index (κ1) is 30.6. The van der Waals surface area contributed by atoms with Crippen molar-refractivity contribution in [3.05, 3.63) is 139 Å². The quantitative estimate of drug-likeness (QED) is 0.190. The van der Waals surface area contributed by atoms with Gasteiger partial charge in [-0.25, -0.2) is 0 Å². The van der Waals surface area contributed by atoms with Gasteiger partial charge in [0.05, 0.1) is 12.2 Å². The predicted molar refractivity (Wildman–Crippen MR) is 146 cm³/mol. The zero-order valence-corrected chi connectivity index (χ0v) is 23.4. The van der Waals surface area contributed by atoms with Crippen molar-refractivity contribution in [3.8, 4) is 28.3 Å². The van der Waals surface area contributed by atoms with Gasteiger partial charge in [-0.1, -0.05) is 36.4 Å². The number of benzene rings is 3. The van der Waals surface area contributed by atoms with E-state index in [-0.39, 0.29) is 25.9 Å². The molecule has 5 aromatic rings. The number of phenols is 1. The number of aromatic hydroxyl groups is 1. The average molecular weight is 683 g/mol. The van der Waals surface area contributed by atoms with Crippen molar-refractivity contribution in [2.75, 3.05) is 0 Å². The Morgan fingerprint density at radius 2 is 1.13 bits per heavy atom. The summed E-state index contributed by atoms with van der Waals surface area (Å²) in [6, 6.07) is 39.9. The molecule has 6 heteroatoms. The Bertz CT molecular complexity index is 1120. The number of hydrogen-bond donors (Lipinski definition) is 3. The van der Waals surface area contributed by atoms with Gasteiger partial charge in [-0.2, -0.15) is 0 Å². The Morgan fingerprint density at radius 1 is 0.658 bits per heavy atom. The smallest absolute Gasteiger partial charge is 0.115 e. The number of aromatic nitrogens is 2. The summed E-state index contributed by atoms with van der Waals surface area (Å²) < 4.78 is 0. The topological polar surface area (TPSA) is 86.5 Å². The number of aliphatic hydroxyl groups excluding tert-OH is 2. The fourth-order valence-corrected chi connectivity index (χ4v) is 3.31. The van der Waals surface area contributed by atoms with Crippen molar-refractivity contribution in [2.45, 2.75) is 25.6 Å². The van der Waals surface area contributed by atoms with Crippen LogP contribution in [0.2, 0.25) is 0 Å². The number of nitrogens with zero attached hydrogens (tertiary/aromatic N) is 2. The van der Waals surface area contributed by atoms with Gasteiger partial charge in [-0.05, 0) is 48.1 Å². The molecule has 0 bridgehead atoms. The number of pyridine rings is 2. The zero-order chi connectivity index (χ0) is 26.3. The van der Waals surface area contributed by atoms with Gasteiger partial charge in [0.25, 0.3) is 0 Å². The van der Waals surface area contributed by atoms with Crippen LogP contribution in [0, 0.1) is 12.1 Å². The number of phenolic OH excluding ortho intramolecular Hbond substituents is 1. The molecule has 2 unspecified atom stereocenters. The van der Waals surface area contributed by atoms with Crippen molar-refractivity contribution in [2.24, 2.45) is 0 Å². The zero-order valence-electron chi connectivity index (χ0n) is 21.0. The van der Waals surface area contributed by atoms with Crippen molar-refractivity contribution < 1.29 is 35.4 Å². The van der Waals surface area contributed by atoms with Crippen LogP contribution < -0.4 is 0 Å². The average Bonchev–Trinajstić information content (AvgIpc) is 2.96. The minimum atomic E-state index is -0.666. The number of rotatable bonds is 5. The summed E-state index contributed by atoms with van der Waals surface area (Å²) in [5.41, 5.74) is 4.73. The van der Waals surface area contributed by atoms with Crippen LogP contribution in [-0.4, -0.2) is 31.4 Å². The van der Waals surface area contributed by atoms with Gasteiger partial charge in [-0.3, -0.25) is 0 Å². The van der Waals surface area contributed by atoms with E-state index >= 15 is 0 Å². The summed E-state index contributed by atoms with van der Waals surface area (Å²) in [5.74, 6) is 0.174. The Morgan fingerprint density at radius 3 is 1.50 bits per heavy atom. The van der Waals surface area contributed by atoms with E-state index in [2.05, 4.69) is 22.1 Å². The third kappa shape index (κ3) is 10.8. The molecular formula is C32H30IrN2O3-2. The first-order chi connectivity index (χ1) is 18.0. The maximum absolute atomic E-state index is 9.54. The largest absolute Gasteiger partial charge is 0.508 e. The third-order valence-electron chi connectivity index (χ3n) is 5.14. The summed E-state index contributed by atoms with van der Waals surface area (Å²) >= 11 is 0. The van der Waals surface area contributed by atoms with E-state index in [4.69, 9.17) is 10.2 Å². The third-order valence-corrected chi connectivity index (χ3v) is 5.14. The Balaban J connectivity index is 0.000000198. The monoisotopic (exact) mass is 683 g/mol. The molecule has 0 saturated heterocycles. The molecule has 0 spiro atoms. The van der Waals surface area contributed by atoms with Gasteiger partial charge < -0.3 is 25.3 Å². The van der Waals surface area contributed by atoms with Crippen LogP contribution in [0.15, 0.2) is 122 Å². The van der Waals surface area contributed by atoms with Gasteiger partial charge in [0, 0.05) is 38.9 Å². The van der Waals surface area contributed by atoms with E-state index in [1.54, 1.807) is 31.5 Å². The molecule has 0 aliphatic carbocycles. The molecule has 2 heterocycles. The first-order valence-corrected chi connectivity index (χ1v) is 11.9. The fourth-order valence-electron chi connectivity index (χ4n) is 3.31. The molecule has 1 radical (unpaired) electrons. The number of hydrogen-bond acceptors (Lipinski definition) is 5. The van der Waals surface area contributed by atoms with Crippen molar-refractivity contribution >= 4 is 0 Å². The molecule has 38 heavy (non-hydrogen) atoms. The Kier molecular flexibility index (Phi) is 13.6. The minimum absolute atomic E-state index is 0. The van der Waals surface area contributed by atoms with Crippen LogP contribution in [0.25, 0.3) is 22.5 Å². The van der Waals surface area contributed by atoms with Gasteiger partial charge in [-0.15, -0.1) is 71.8 Å². The summed E-state index contributed by atoms with van der Waals surface area (Å²) in [5, 5.41) is 27.6. The van der Waals surface area contributed by atoms with E-state index in [1.165, 1.54) is 12.1 Å². The molecule has 2 atom stereocenters. The van der Waals surface area contributed by atoms with E-state index in [0.717, 1.165) is 22.5 Å². The summed E-state index contributed by atoms with van der Waals surface area (Å²) in [4.78, 5) is 8.44. The van der Waals surface area contributed by atoms with Gasteiger partial charge >= 0.3 is 0 Å². The van der Waals surface area contributed by atoms with E-state index in [1.807, 2.05) is 84.9 Å². The molecule has 0 fully saturated rings. The first-order valence-electron chi connectivity index (χ1n) is 11.9. The van der Waals surface area contributed by atoms with Crippen LogP contribution in [0.1, 0.15) is 25.0 Å². The van der Waals surface area contributed by atoms with Crippen LogP contribution in [0.3, 0.4) is 0 Å². The van der Waals surface area contributed by atoms with E-state index < -0.39 is 12.2 Å². The van der Waals surface area contributed by atoms with E-state index in [0.29, 0.717) is 12.0 Å². The molecule has 0 aliphatic heterocycles.